The maximum Gasteiger partial charge on any atom is 0.224 e. The minimum absolute atomic E-state index is 0.0103. The Bertz CT molecular complexity index is 1190. The lowest BCUT2D eigenvalue weighted by molar-refractivity contribution is -0.245. The average molecular weight is 554 g/mol. The Kier molecular flexibility index (Phi) is 10.9. The molecular formula is C28H35N5O5S. The van der Waals surface area contributed by atoms with E-state index in [9.17, 15) is 14.7 Å². The second-order valence-corrected chi connectivity index (χ2v) is 10.4. The molecule has 11 heteroatoms. The number of H-pyrrole nitrogens is 1. The Morgan fingerprint density at radius 1 is 1.10 bits per heavy atom. The molecule has 10 nitrogen and oxygen atoms in total. The van der Waals surface area contributed by atoms with Gasteiger partial charge in [-0.2, -0.15) is 5.10 Å². The van der Waals surface area contributed by atoms with E-state index in [1.54, 1.807) is 0 Å². The number of nitrogens with zero attached hydrogens (tertiary/aromatic N) is 2. The molecule has 0 aliphatic carbocycles. The molecule has 2 heterocycles. The summed E-state index contributed by atoms with van der Waals surface area (Å²) in [6, 6.07) is 15.3. The van der Waals surface area contributed by atoms with Crippen LogP contribution in [0.5, 0.6) is 0 Å². The maximum absolute atomic E-state index is 12.5. The third kappa shape index (κ3) is 9.17. The number of hydrogen-bond acceptors (Lipinski definition) is 8. The Labute approximate surface area is 232 Å². The summed E-state index contributed by atoms with van der Waals surface area (Å²) in [5, 5.41) is 22.6. The SMILES string of the molecule is CC(=O)NCCCCCC(=O)Nc1cccc([C@@H]2O[C@H](CSc3ncn[nH]3)C[C@H](c3ccc(CO)cc3)O2)c1. The summed E-state index contributed by atoms with van der Waals surface area (Å²) >= 11 is 1.54. The number of amides is 2. The Morgan fingerprint density at radius 2 is 1.95 bits per heavy atom. The quantitative estimate of drug-likeness (QED) is 0.182. The zero-order valence-electron chi connectivity index (χ0n) is 22.0. The van der Waals surface area contributed by atoms with Crippen molar-refractivity contribution in [1.29, 1.82) is 0 Å². The normalized spacial score (nSPS) is 19.0. The van der Waals surface area contributed by atoms with Gasteiger partial charge in [0, 0.05) is 43.3 Å². The van der Waals surface area contributed by atoms with Crippen LogP contribution in [0.1, 0.15) is 68.1 Å². The van der Waals surface area contributed by atoms with Crippen LogP contribution >= 0.6 is 11.8 Å². The number of anilines is 1. The molecular weight excluding hydrogens is 518 g/mol. The van der Waals surface area contributed by atoms with Gasteiger partial charge in [0.05, 0.1) is 18.8 Å². The van der Waals surface area contributed by atoms with Crippen LogP contribution in [0.15, 0.2) is 60.0 Å². The Hall–Kier alpha value is -3.25. The number of benzene rings is 2. The number of aromatic amines is 1. The summed E-state index contributed by atoms with van der Waals surface area (Å²) in [5.74, 6) is 0.572. The van der Waals surface area contributed by atoms with Crippen LogP contribution in [-0.2, 0) is 25.7 Å². The first-order valence-corrected chi connectivity index (χ1v) is 14.1. The number of carbonyl (C=O) groups excluding carboxylic acids is 2. The molecule has 0 bridgehead atoms. The van der Waals surface area contributed by atoms with E-state index in [1.807, 2.05) is 48.5 Å². The number of unbranched alkanes of at least 4 members (excludes halogenated alkanes) is 2. The minimum Gasteiger partial charge on any atom is -0.392 e. The van der Waals surface area contributed by atoms with Crippen molar-refractivity contribution in [3.63, 3.8) is 0 Å². The van der Waals surface area contributed by atoms with E-state index < -0.39 is 6.29 Å². The fraction of sp³-hybridized carbons (Fsp3) is 0.429. The number of thioether (sulfide) groups is 1. The van der Waals surface area contributed by atoms with E-state index in [0.717, 1.165) is 41.1 Å². The largest absolute Gasteiger partial charge is 0.392 e. The van der Waals surface area contributed by atoms with Crippen LogP contribution in [-0.4, -0.2) is 50.5 Å². The highest BCUT2D eigenvalue weighted by atomic mass is 32.2. The average Bonchev–Trinajstić information content (AvgIpc) is 3.47. The van der Waals surface area contributed by atoms with E-state index in [4.69, 9.17) is 9.47 Å². The van der Waals surface area contributed by atoms with Crippen LogP contribution < -0.4 is 10.6 Å². The summed E-state index contributed by atoms with van der Waals surface area (Å²) in [7, 11) is 0. The fourth-order valence-electron chi connectivity index (χ4n) is 4.30. The van der Waals surface area contributed by atoms with Gasteiger partial charge in [0.25, 0.3) is 0 Å². The van der Waals surface area contributed by atoms with Crippen molar-refractivity contribution in [2.75, 3.05) is 17.6 Å². The van der Waals surface area contributed by atoms with Gasteiger partial charge in [0.15, 0.2) is 11.4 Å². The van der Waals surface area contributed by atoms with Crippen LogP contribution in [0.3, 0.4) is 0 Å². The highest BCUT2D eigenvalue weighted by Gasteiger charge is 2.32. The van der Waals surface area contributed by atoms with Crippen LogP contribution in [0, 0.1) is 0 Å². The highest BCUT2D eigenvalue weighted by Crippen LogP contribution is 2.39. The Balaban J connectivity index is 1.38. The lowest BCUT2D eigenvalue weighted by Crippen LogP contribution is -2.31. The molecule has 1 aliphatic heterocycles. The number of hydrogen-bond donors (Lipinski definition) is 4. The molecule has 1 saturated heterocycles. The molecule has 4 rings (SSSR count). The molecule has 1 aromatic heterocycles. The predicted octanol–water partition coefficient (Wildman–Crippen LogP) is 4.27. The topological polar surface area (TPSA) is 138 Å². The Morgan fingerprint density at radius 3 is 2.69 bits per heavy atom. The molecule has 1 aliphatic rings. The number of aromatic nitrogens is 3. The lowest BCUT2D eigenvalue weighted by atomic mass is 10.0. The molecule has 2 amide bonds. The summed E-state index contributed by atoms with van der Waals surface area (Å²) in [6.45, 7) is 2.12. The number of nitrogens with one attached hydrogen (secondary N) is 3. The standard InChI is InChI=1S/C28H35N5O5S/c1-19(35)29-13-4-2-3-8-26(36)32-23-7-5-6-22(14-23)27-37-24(17-39-28-30-18-31-33-28)15-25(38-27)21-11-9-20(16-34)10-12-21/h5-7,9-12,14,18,24-25,27,34H,2-4,8,13,15-17H2,1H3,(H,29,35)(H,32,36)(H,30,31,33)/t24-,25+,27+/m0/s1. The molecule has 2 aromatic carbocycles. The summed E-state index contributed by atoms with van der Waals surface area (Å²) in [5.41, 5.74) is 3.36. The molecule has 39 heavy (non-hydrogen) atoms. The first kappa shape index (κ1) is 28.8. The van der Waals surface area contributed by atoms with E-state index in [1.165, 1.54) is 25.0 Å². The van der Waals surface area contributed by atoms with Gasteiger partial charge in [-0.05, 0) is 36.1 Å². The first-order chi connectivity index (χ1) is 19.0. The molecule has 3 aromatic rings. The van der Waals surface area contributed by atoms with Gasteiger partial charge in [-0.25, -0.2) is 4.98 Å². The van der Waals surface area contributed by atoms with Crippen molar-refractivity contribution in [2.45, 2.75) is 69.3 Å². The molecule has 0 saturated carbocycles. The number of aliphatic hydroxyl groups excluding tert-OH is 1. The van der Waals surface area contributed by atoms with Crippen LogP contribution in [0.25, 0.3) is 0 Å². The predicted molar refractivity (Wildman–Crippen MR) is 148 cm³/mol. The molecule has 0 spiro atoms. The number of carbonyl (C=O) groups is 2. The summed E-state index contributed by atoms with van der Waals surface area (Å²) in [4.78, 5) is 27.6. The van der Waals surface area contributed by atoms with Crippen LogP contribution in [0.4, 0.5) is 5.69 Å². The van der Waals surface area contributed by atoms with Gasteiger partial charge in [-0.3, -0.25) is 14.7 Å². The zero-order chi connectivity index (χ0) is 27.5. The zero-order valence-corrected chi connectivity index (χ0v) is 22.8. The highest BCUT2D eigenvalue weighted by molar-refractivity contribution is 7.99. The van der Waals surface area contributed by atoms with Gasteiger partial charge >= 0.3 is 0 Å². The summed E-state index contributed by atoms with van der Waals surface area (Å²) < 4.78 is 12.8. The monoisotopic (exact) mass is 553 g/mol. The maximum atomic E-state index is 12.5. The van der Waals surface area contributed by atoms with Gasteiger partial charge in [-0.1, -0.05) is 54.6 Å². The molecule has 4 N–H and O–H groups in total. The van der Waals surface area contributed by atoms with E-state index >= 15 is 0 Å². The second kappa shape index (κ2) is 14.8. The van der Waals surface area contributed by atoms with E-state index in [2.05, 4.69) is 25.8 Å². The number of rotatable bonds is 13. The van der Waals surface area contributed by atoms with Crippen molar-refractivity contribution in [1.82, 2.24) is 20.5 Å². The van der Waals surface area contributed by atoms with Crippen molar-refractivity contribution < 1.29 is 24.2 Å². The van der Waals surface area contributed by atoms with Gasteiger partial charge in [0.1, 0.15) is 6.33 Å². The summed E-state index contributed by atoms with van der Waals surface area (Å²) in [6.07, 6.45) is 4.08. The van der Waals surface area contributed by atoms with E-state index in [0.29, 0.717) is 30.8 Å². The van der Waals surface area contributed by atoms with E-state index in [-0.39, 0.29) is 30.6 Å². The molecule has 3 atom stereocenters. The third-order valence-corrected chi connectivity index (χ3v) is 7.32. The fourth-order valence-corrected chi connectivity index (χ4v) is 5.09. The van der Waals surface area contributed by atoms with Crippen molar-refractivity contribution in [3.8, 4) is 0 Å². The van der Waals surface area contributed by atoms with Crippen molar-refractivity contribution in [3.05, 3.63) is 71.5 Å². The number of aliphatic hydroxyl groups is 1. The second-order valence-electron chi connectivity index (χ2n) is 9.42. The van der Waals surface area contributed by atoms with Crippen molar-refractivity contribution in [2.24, 2.45) is 0 Å². The van der Waals surface area contributed by atoms with Gasteiger partial charge < -0.3 is 25.2 Å². The smallest absolute Gasteiger partial charge is 0.224 e. The minimum atomic E-state index is -0.618. The third-order valence-electron chi connectivity index (χ3n) is 6.31. The van der Waals surface area contributed by atoms with Gasteiger partial charge in [0.2, 0.25) is 11.8 Å². The van der Waals surface area contributed by atoms with Crippen molar-refractivity contribution >= 4 is 29.3 Å². The first-order valence-electron chi connectivity index (χ1n) is 13.1. The lowest BCUT2D eigenvalue weighted by Gasteiger charge is -2.36. The van der Waals surface area contributed by atoms with Crippen LogP contribution in [0.2, 0.25) is 0 Å². The molecule has 1 fully saturated rings. The molecule has 0 unspecified atom stereocenters. The van der Waals surface area contributed by atoms with Gasteiger partial charge in [-0.15, -0.1) is 0 Å². The molecule has 208 valence electrons. The molecule has 0 radical (unpaired) electrons. The number of ether oxygens (including phenoxy) is 2.